The van der Waals surface area contributed by atoms with E-state index in [9.17, 15) is 0 Å². The predicted octanol–water partition coefficient (Wildman–Crippen LogP) is 5.04. The Morgan fingerprint density at radius 1 is 0.952 bits per heavy atom. The average molecular weight is 317 g/mol. The first kappa shape index (κ1) is 21.4. The Balaban J connectivity index is 3.87. The molecular weight excluding hydrogens is 275 g/mol. The molecular formula is C18H41N2P. The topological polar surface area (TPSA) is 52.0 Å². The van der Waals surface area contributed by atoms with Crippen molar-refractivity contribution in [1.82, 2.24) is 0 Å². The summed E-state index contributed by atoms with van der Waals surface area (Å²) >= 11 is 0. The van der Waals surface area contributed by atoms with Crippen LogP contribution in [0.25, 0.3) is 0 Å². The van der Waals surface area contributed by atoms with Gasteiger partial charge >= 0.3 is 0 Å². The molecule has 0 aliphatic rings. The minimum atomic E-state index is 0.00357. The van der Waals surface area contributed by atoms with Crippen molar-refractivity contribution in [3.05, 3.63) is 0 Å². The fraction of sp³-hybridized carbons (Fsp3) is 1.00. The Labute approximate surface area is 136 Å². The highest BCUT2D eigenvalue weighted by Crippen LogP contribution is 2.38. The molecule has 0 spiro atoms. The summed E-state index contributed by atoms with van der Waals surface area (Å²) in [4.78, 5) is 0. The molecule has 0 aromatic carbocycles. The van der Waals surface area contributed by atoms with E-state index in [1.807, 2.05) is 0 Å². The van der Waals surface area contributed by atoms with Gasteiger partial charge in [-0.3, -0.25) is 0 Å². The highest BCUT2D eigenvalue weighted by atomic mass is 31.1. The molecule has 0 fully saturated rings. The number of hydrogen-bond donors (Lipinski definition) is 2. The molecule has 0 bridgehead atoms. The number of rotatable bonds is 13. The molecule has 21 heavy (non-hydrogen) atoms. The van der Waals surface area contributed by atoms with E-state index in [0.29, 0.717) is 11.2 Å². The van der Waals surface area contributed by atoms with Crippen molar-refractivity contribution in [2.45, 2.75) is 109 Å². The molecule has 4 N–H and O–H groups in total. The van der Waals surface area contributed by atoms with Gasteiger partial charge in [-0.2, -0.15) is 0 Å². The zero-order valence-corrected chi connectivity index (χ0v) is 16.3. The molecule has 128 valence electrons. The minimum Gasteiger partial charge on any atom is -0.328 e. The lowest BCUT2D eigenvalue weighted by Crippen LogP contribution is -2.38. The fourth-order valence-electron chi connectivity index (χ4n) is 2.71. The summed E-state index contributed by atoms with van der Waals surface area (Å²) in [5.41, 5.74) is 12.6. The van der Waals surface area contributed by atoms with Gasteiger partial charge in [-0.15, -0.1) is 8.58 Å². The molecule has 0 radical (unpaired) electrons. The first-order valence-corrected chi connectivity index (χ1v) is 10.5. The molecule has 0 aliphatic carbocycles. The van der Waals surface area contributed by atoms with E-state index < -0.39 is 0 Å². The van der Waals surface area contributed by atoms with E-state index in [4.69, 9.17) is 11.5 Å². The molecule has 0 heterocycles. The van der Waals surface area contributed by atoms with Gasteiger partial charge in [-0.05, 0) is 57.3 Å². The molecule has 0 aromatic heterocycles. The van der Waals surface area contributed by atoms with E-state index in [1.165, 1.54) is 51.4 Å². The van der Waals surface area contributed by atoms with Crippen LogP contribution in [0.4, 0.5) is 0 Å². The quantitative estimate of drug-likeness (QED) is 0.369. The van der Waals surface area contributed by atoms with Gasteiger partial charge in [0.2, 0.25) is 0 Å². The summed E-state index contributed by atoms with van der Waals surface area (Å²) in [7, 11) is 1.01. The summed E-state index contributed by atoms with van der Waals surface area (Å²) in [5, 5.41) is 0.503. The van der Waals surface area contributed by atoms with E-state index >= 15 is 0 Å². The maximum absolute atomic E-state index is 6.50. The first-order chi connectivity index (χ1) is 9.78. The lowest BCUT2D eigenvalue weighted by Gasteiger charge is -2.32. The van der Waals surface area contributed by atoms with Gasteiger partial charge in [0.15, 0.2) is 0 Å². The van der Waals surface area contributed by atoms with Crippen molar-refractivity contribution in [1.29, 1.82) is 0 Å². The standard InChI is InChI=1S/C18H41N2P/c1-6-8-11-16(19)12-9-10-13-17(3,20)14-15-18(4,7-2)21-5/h16,21H,6-15,19-20H2,1-5H3. The van der Waals surface area contributed by atoms with Crippen LogP contribution < -0.4 is 11.5 Å². The van der Waals surface area contributed by atoms with Gasteiger partial charge < -0.3 is 11.5 Å². The summed E-state index contributed by atoms with van der Waals surface area (Å²) in [5.74, 6) is 0. The fourth-order valence-corrected chi connectivity index (χ4v) is 3.44. The maximum Gasteiger partial charge on any atom is 0.0126 e. The van der Waals surface area contributed by atoms with Crippen LogP contribution in [0.15, 0.2) is 0 Å². The van der Waals surface area contributed by atoms with Gasteiger partial charge in [0.1, 0.15) is 0 Å². The van der Waals surface area contributed by atoms with E-state index in [0.717, 1.165) is 21.4 Å². The van der Waals surface area contributed by atoms with Crippen LogP contribution in [0.3, 0.4) is 0 Å². The van der Waals surface area contributed by atoms with E-state index in [-0.39, 0.29) is 5.54 Å². The van der Waals surface area contributed by atoms with Crippen molar-refractivity contribution in [2.75, 3.05) is 6.66 Å². The summed E-state index contributed by atoms with van der Waals surface area (Å²) in [6.45, 7) is 11.5. The van der Waals surface area contributed by atoms with Crippen LogP contribution in [0, 0.1) is 0 Å². The molecule has 0 aliphatic heterocycles. The second-order valence-corrected chi connectivity index (χ2v) is 9.17. The maximum atomic E-state index is 6.50. The normalized spacial score (nSPS) is 19.6. The third kappa shape index (κ3) is 10.7. The molecule has 4 atom stereocenters. The third-order valence-electron chi connectivity index (χ3n) is 5.13. The zero-order valence-electron chi connectivity index (χ0n) is 15.3. The van der Waals surface area contributed by atoms with Gasteiger partial charge in [0.05, 0.1) is 0 Å². The average Bonchev–Trinajstić information content (AvgIpc) is 2.47. The monoisotopic (exact) mass is 316 g/mol. The second-order valence-electron chi connectivity index (χ2n) is 7.47. The SMILES string of the molecule is CCCCC(N)CCCCC(C)(N)CCC(C)(CC)PC. The summed E-state index contributed by atoms with van der Waals surface area (Å²) < 4.78 is 0. The molecule has 0 aromatic rings. The largest absolute Gasteiger partial charge is 0.328 e. The third-order valence-corrected chi connectivity index (χ3v) is 6.94. The summed E-state index contributed by atoms with van der Waals surface area (Å²) in [6.07, 6.45) is 12.2. The number of hydrogen-bond acceptors (Lipinski definition) is 2. The van der Waals surface area contributed by atoms with Gasteiger partial charge in [0.25, 0.3) is 0 Å². The van der Waals surface area contributed by atoms with Crippen LogP contribution in [0.5, 0.6) is 0 Å². The van der Waals surface area contributed by atoms with E-state index in [2.05, 4.69) is 34.4 Å². The van der Waals surface area contributed by atoms with Crippen molar-refractivity contribution in [2.24, 2.45) is 11.5 Å². The Kier molecular flexibility index (Phi) is 11.2. The van der Waals surface area contributed by atoms with Crippen molar-refractivity contribution in [3.63, 3.8) is 0 Å². The molecule has 0 amide bonds. The van der Waals surface area contributed by atoms with Crippen LogP contribution in [-0.4, -0.2) is 23.4 Å². The van der Waals surface area contributed by atoms with E-state index in [1.54, 1.807) is 0 Å². The Hall–Kier alpha value is 0.350. The Morgan fingerprint density at radius 3 is 2.10 bits per heavy atom. The predicted molar refractivity (Wildman–Crippen MR) is 101 cm³/mol. The van der Waals surface area contributed by atoms with Gasteiger partial charge in [-0.1, -0.05) is 46.5 Å². The van der Waals surface area contributed by atoms with Gasteiger partial charge in [-0.25, -0.2) is 0 Å². The molecule has 0 saturated carbocycles. The molecule has 3 heteroatoms. The van der Waals surface area contributed by atoms with Crippen LogP contribution >= 0.6 is 8.58 Å². The van der Waals surface area contributed by atoms with Gasteiger partial charge in [0, 0.05) is 11.6 Å². The number of nitrogens with two attached hydrogens (primary N) is 2. The van der Waals surface area contributed by atoms with Crippen molar-refractivity contribution >= 4 is 8.58 Å². The summed E-state index contributed by atoms with van der Waals surface area (Å²) in [6, 6.07) is 0.402. The minimum absolute atomic E-state index is 0.00357. The highest BCUT2D eigenvalue weighted by Gasteiger charge is 2.25. The second kappa shape index (κ2) is 11.0. The van der Waals surface area contributed by atoms with Crippen LogP contribution in [0.1, 0.15) is 91.9 Å². The molecule has 4 unspecified atom stereocenters. The smallest absolute Gasteiger partial charge is 0.0126 e. The van der Waals surface area contributed by atoms with Crippen LogP contribution in [-0.2, 0) is 0 Å². The van der Waals surface area contributed by atoms with Crippen molar-refractivity contribution < 1.29 is 0 Å². The molecule has 2 nitrogen and oxygen atoms in total. The highest BCUT2D eigenvalue weighted by molar-refractivity contribution is 7.39. The number of unbranched alkanes of at least 4 members (excludes halogenated alkanes) is 2. The van der Waals surface area contributed by atoms with Crippen molar-refractivity contribution in [3.8, 4) is 0 Å². The first-order valence-electron chi connectivity index (χ1n) is 9.02. The zero-order chi connectivity index (χ0) is 16.4. The Morgan fingerprint density at radius 2 is 1.57 bits per heavy atom. The molecule has 0 saturated heterocycles. The lowest BCUT2D eigenvalue weighted by atomic mass is 9.86. The molecule has 0 rings (SSSR count). The lowest BCUT2D eigenvalue weighted by molar-refractivity contribution is 0.346. The van der Waals surface area contributed by atoms with Crippen LogP contribution in [0.2, 0.25) is 0 Å². The Bertz CT molecular complexity index is 250.